The van der Waals surface area contributed by atoms with Crippen molar-refractivity contribution in [2.45, 2.75) is 10.3 Å². The molecule has 2 rings (SSSR count). The average molecular weight is 226 g/mol. The van der Waals surface area contributed by atoms with Gasteiger partial charge in [0.25, 0.3) is 0 Å². The Morgan fingerprint density at radius 2 is 2.13 bits per heavy atom. The van der Waals surface area contributed by atoms with E-state index in [9.17, 15) is 4.79 Å². The van der Waals surface area contributed by atoms with Gasteiger partial charge in [0.15, 0.2) is 5.44 Å². The molecule has 1 atom stereocenters. The first-order valence-electron chi connectivity index (χ1n) is 4.42. The molecule has 0 radical (unpaired) electrons. The predicted molar refractivity (Wildman–Crippen MR) is 55.1 cm³/mol. The maximum atomic E-state index is 10.7. The van der Waals surface area contributed by atoms with E-state index in [1.165, 1.54) is 11.8 Å². The van der Waals surface area contributed by atoms with Crippen LogP contribution in [0, 0.1) is 0 Å². The zero-order valence-electron chi connectivity index (χ0n) is 8.14. The molecule has 1 fully saturated rings. The van der Waals surface area contributed by atoms with Gasteiger partial charge < -0.3 is 14.2 Å². The van der Waals surface area contributed by atoms with Gasteiger partial charge in [0.1, 0.15) is 12.4 Å². The molecule has 1 saturated heterocycles. The minimum Gasteiger partial charge on any atom is -0.497 e. The molecule has 15 heavy (non-hydrogen) atoms. The number of cyclic esters (lactones) is 2. The lowest BCUT2D eigenvalue weighted by Crippen LogP contribution is -2.03. The van der Waals surface area contributed by atoms with Crippen molar-refractivity contribution >= 4 is 17.9 Å². The molecule has 0 aromatic heterocycles. The molecule has 1 aromatic rings. The molecule has 5 heteroatoms. The highest BCUT2D eigenvalue weighted by Crippen LogP contribution is 2.28. The van der Waals surface area contributed by atoms with Gasteiger partial charge in [-0.15, -0.1) is 0 Å². The molecule has 4 nitrogen and oxygen atoms in total. The second-order valence-corrected chi connectivity index (χ2v) is 4.13. The van der Waals surface area contributed by atoms with Crippen LogP contribution in [-0.2, 0) is 9.47 Å². The van der Waals surface area contributed by atoms with E-state index in [-0.39, 0.29) is 5.44 Å². The van der Waals surface area contributed by atoms with Crippen molar-refractivity contribution in [1.29, 1.82) is 0 Å². The highest BCUT2D eigenvalue weighted by molar-refractivity contribution is 7.99. The summed E-state index contributed by atoms with van der Waals surface area (Å²) in [5, 5.41) is 0. The van der Waals surface area contributed by atoms with Crippen molar-refractivity contribution < 1.29 is 19.0 Å². The highest BCUT2D eigenvalue weighted by atomic mass is 32.2. The second-order valence-electron chi connectivity index (χ2n) is 2.90. The van der Waals surface area contributed by atoms with Crippen LogP contribution in [0.5, 0.6) is 5.75 Å². The van der Waals surface area contributed by atoms with Crippen molar-refractivity contribution in [3.05, 3.63) is 24.3 Å². The molecule has 0 bridgehead atoms. The summed E-state index contributed by atoms with van der Waals surface area (Å²) in [5.41, 5.74) is -0.245. The van der Waals surface area contributed by atoms with Crippen LogP contribution < -0.4 is 4.74 Å². The van der Waals surface area contributed by atoms with Crippen LogP contribution in [0.25, 0.3) is 0 Å². The molecule has 0 spiro atoms. The Morgan fingerprint density at radius 1 is 1.40 bits per heavy atom. The third-order valence-corrected chi connectivity index (χ3v) is 2.93. The summed E-state index contributed by atoms with van der Waals surface area (Å²) in [5.74, 6) is 0.805. The number of thioether (sulfide) groups is 1. The van der Waals surface area contributed by atoms with Crippen LogP contribution in [0.1, 0.15) is 0 Å². The Kier molecular flexibility index (Phi) is 3.01. The van der Waals surface area contributed by atoms with Gasteiger partial charge in [-0.05, 0) is 24.3 Å². The van der Waals surface area contributed by atoms with Crippen LogP contribution >= 0.6 is 11.8 Å². The minimum atomic E-state index is -0.596. The maximum absolute atomic E-state index is 10.7. The van der Waals surface area contributed by atoms with Crippen LogP contribution in [0.15, 0.2) is 29.2 Å². The number of methoxy groups -OCH3 is 1. The molecule has 0 N–H and O–H groups in total. The molecular formula is C10H10O4S. The van der Waals surface area contributed by atoms with E-state index in [1.54, 1.807) is 7.11 Å². The Hall–Kier alpha value is -1.36. The molecule has 0 saturated carbocycles. The number of carbonyl (C=O) groups is 1. The van der Waals surface area contributed by atoms with Gasteiger partial charge in [-0.3, -0.25) is 0 Å². The standard InChI is InChI=1S/C10H10O4S/c1-12-7-2-4-8(5-3-7)15-9-6-13-10(11)14-9/h2-5,9H,6H2,1H3. The van der Waals surface area contributed by atoms with Crippen LogP contribution in [-0.4, -0.2) is 25.3 Å². The van der Waals surface area contributed by atoms with Gasteiger partial charge in [-0.25, -0.2) is 4.79 Å². The van der Waals surface area contributed by atoms with E-state index in [4.69, 9.17) is 9.47 Å². The molecule has 1 unspecified atom stereocenters. The first-order chi connectivity index (χ1) is 7.28. The molecule has 1 aliphatic rings. The third-order valence-electron chi connectivity index (χ3n) is 1.89. The van der Waals surface area contributed by atoms with E-state index >= 15 is 0 Å². The van der Waals surface area contributed by atoms with Crippen LogP contribution in [0.3, 0.4) is 0 Å². The lowest BCUT2D eigenvalue weighted by atomic mass is 10.3. The van der Waals surface area contributed by atoms with Crippen LogP contribution in [0.2, 0.25) is 0 Å². The Morgan fingerprint density at radius 3 is 2.67 bits per heavy atom. The highest BCUT2D eigenvalue weighted by Gasteiger charge is 2.25. The summed E-state index contributed by atoms with van der Waals surface area (Å²) in [4.78, 5) is 11.7. The van der Waals surface area contributed by atoms with Crippen LogP contribution in [0.4, 0.5) is 4.79 Å². The number of carbonyl (C=O) groups excluding carboxylic acids is 1. The smallest absolute Gasteiger partial charge is 0.497 e. The summed E-state index contributed by atoms with van der Waals surface area (Å²) < 4.78 is 14.6. The van der Waals surface area contributed by atoms with E-state index in [1.807, 2.05) is 24.3 Å². The largest absolute Gasteiger partial charge is 0.509 e. The fourth-order valence-corrected chi connectivity index (χ4v) is 2.04. The quantitative estimate of drug-likeness (QED) is 0.740. The maximum Gasteiger partial charge on any atom is 0.509 e. The Balaban J connectivity index is 1.96. The van der Waals surface area contributed by atoms with Crippen molar-refractivity contribution in [1.82, 2.24) is 0 Å². The number of hydrogen-bond acceptors (Lipinski definition) is 5. The van der Waals surface area contributed by atoms with Crippen molar-refractivity contribution in [2.75, 3.05) is 13.7 Å². The molecule has 1 heterocycles. The normalized spacial score (nSPS) is 19.5. The van der Waals surface area contributed by atoms with Crippen molar-refractivity contribution in [3.8, 4) is 5.75 Å². The van der Waals surface area contributed by atoms with Gasteiger partial charge in [0, 0.05) is 4.90 Å². The molecule has 1 aliphatic heterocycles. The lowest BCUT2D eigenvalue weighted by Gasteiger charge is -2.06. The number of benzene rings is 1. The van der Waals surface area contributed by atoms with E-state index < -0.39 is 6.16 Å². The summed E-state index contributed by atoms with van der Waals surface area (Å²) in [6.45, 7) is 0.301. The summed E-state index contributed by atoms with van der Waals surface area (Å²) in [6, 6.07) is 7.55. The van der Waals surface area contributed by atoms with Gasteiger partial charge in [-0.1, -0.05) is 11.8 Å². The number of rotatable bonds is 3. The molecule has 0 amide bonds. The van der Waals surface area contributed by atoms with E-state index in [0.717, 1.165) is 10.6 Å². The summed E-state index contributed by atoms with van der Waals surface area (Å²) in [7, 11) is 1.62. The molecular weight excluding hydrogens is 216 g/mol. The fraction of sp³-hybridized carbons (Fsp3) is 0.300. The van der Waals surface area contributed by atoms with Crippen molar-refractivity contribution in [2.24, 2.45) is 0 Å². The summed E-state index contributed by atoms with van der Waals surface area (Å²) >= 11 is 1.45. The molecule has 0 aliphatic carbocycles. The molecule has 1 aromatic carbocycles. The lowest BCUT2D eigenvalue weighted by molar-refractivity contribution is 0.129. The predicted octanol–water partition coefficient (Wildman–Crippen LogP) is 2.28. The monoisotopic (exact) mass is 226 g/mol. The zero-order valence-corrected chi connectivity index (χ0v) is 8.95. The Labute approximate surface area is 91.5 Å². The van der Waals surface area contributed by atoms with E-state index in [2.05, 4.69) is 4.74 Å². The van der Waals surface area contributed by atoms with Gasteiger partial charge in [-0.2, -0.15) is 0 Å². The second kappa shape index (κ2) is 4.44. The summed E-state index contributed by atoms with van der Waals surface area (Å²) in [6.07, 6.45) is -0.596. The SMILES string of the molecule is COc1ccc(SC2COC(=O)O2)cc1. The number of hydrogen-bond donors (Lipinski definition) is 0. The molecule has 80 valence electrons. The Bertz CT molecular complexity index is 349. The zero-order chi connectivity index (χ0) is 10.7. The fourth-order valence-electron chi connectivity index (χ4n) is 1.18. The van der Waals surface area contributed by atoms with Gasteiger partial charge in [0.2, 0.25) is 0 Å². The first kappa shape index (κ1) is 10.2. The average Bonchev–Trinajstić information content (AvgIpc) is 2.65. The first-order valence-corrected chi connectivity index (χ1v) is 5.30. The van der Waals surface area contributed by atoms with E-state index in [0.29, 0.717) is 6.61 Å². The van der Waals surface area contributed by atoms with Gasteiger partial charge in [0.05, 0.1) is 7.11 Å². The number of ether oxygens (including phenoxy) is 3. The third kappa shape index (κ3) is 2.56. The minimum absolute atomic E-state index is 0.245. The van der Waals surface area contributed by atoms with Crippen molar-refractivity contribution in [3.63, 3.8) is 0 Å². The van der Waals surface area contributed by atoms with Gasteiger partial charge >= 0.3 is 6.16 Å². The topological polar surface area (TPSA) is 44.8 Å².